The molecule has 0 aliphatic rings. The second-order valence-corrected chi connectivity index (χ2v) is 4.07. The van der Waals surface area contributed by atoms with Crippen molar-refractivity contribution in [2.45, 2.75) is 26.9 Å². The molecule has 0 aliphatic heterocycles. The number of hydrogen-bond donors (Lipinski definition) is 2. The van der Waals surface area contributed by atoms with Crippen LogP contribution in [0.25, 0.3) is 0 Å². The number of hydrogen-bond acceptors (Lipinski definition) is 4. The number of aryl methyl sites for hydroxylation is 2. The third-order valence-electron chi connectivity index (χ3n) is 2.51. The molecule has 1 aromatic rings. The van der Waals surface area contributed by atoms with Gasteiger partial charge >= 0.3 is 0 Å². The second-order valence-electron chi connectivity index (χ2n) is 4.07. The second kappa shape index (κ2) is 5.09. The van der Waals surface area contributed by atoms with E-state index in [-0.39, 0.29) is 12.1 Å². The lowest BCUT2D eigenvalue weighted by atomic mass is 10.1. The molecule has 1 aromatic heterocycles. The quantitative estimate of drug-likeness (QED) is 0.745. The van der Waals surface area contributed by atoms with Crippen LogP contribution in [0, 0.1) is 13.8 Å². The Bertz CT molecular complexity index is 491. The van der Waals surface area contributed by atoms with Crippen LogP contribution < -0.4 is 10.9 Å². The van der Waals surface area contributed by atoms with E-state index < -0.39 is 17.6 Å². The number of aromatic nitrogens is 2. The Morgan fingerprint density at radius 3 is 2.65 bits per heavy atom. The van der Waals surface area contributed by atoms with Gasteiger partial charge in [0.25, 0.3) is 11.5 Å². The highest BCUT2D eigenvalue weighted by atomic mass is 16.3. The van der Waals surface area contributed by atoms with Gasteiger partial charge in [-0.15, -0.1) is 0 Å². The summed E-state index contributed by atoms with van der Waals surface area (Å²) in [5.41, 5.74) is 0.849. The van der Waals surface area contributed by atoms with Crippen LogP contribution in [0.3, 0.4) is 0 Å². The molecular weight excluding hydrogens is 222 g/mol. The number of nitrogens with one attached hydrogen (secondary N) is 1. The maximum Gasteiger partial charge on any atom is 0.279 e. The van der Waals surface area contributed by atoms with Crippen LogP contribution in [0.15, 0.2) is 4.79 Å². The minimum Gasteiger partial charge on any atom is -0.392 e. The molecule has 1 rings (SSSR count). The molecule has 0 saturated carbocycles. The average molecular weight is 239 g/mol. The summed E-state index contributed by atoms with van der Waals surface area (Å²) in [5, 5.41) is 15.6. The van der Waals surface area contributed by atoms with Crippen molar-refractivity contribution in [3.05, 3.63) is 27.2 Å². The first kappa shape index (κ1) is 13.4. The van der Waals surface area contributed by atoms with E-state index in [0.717, 1.165) is 4.68 Å². The van der Waals surface area contributed by atoms with Gasteiger partial charge in [-0.1, -0.05) is 0 Å². The average Bonchev–Trinajstić information content (AvgIpc) is 2.24. The summed E-state index contributed by atoms with van der Waals surface area (Å²) < 4.78 is 1.14. The summed E-state index contributed by atoms with van der Waals surface area (Å²) in [6.45, 7) is 5.09. The van der Waals surface area contributed by atoms with E-state index in [0.29, 0.717) is 11.3 Å². The Balaban J connectivity index is 3.13. The van der Waals surface area contributed by atoms with Crippen molar-refractivity contribution in [3.63, 3.8) is 0 Å². The normalized spacial score (nSPS) is 12.3. The van der Waals surface area contributed by atoms with Crippen LogP contribution in [0.2, 0.25) is 0 Å². The summed E-state index contributed by atoms with van der Waals surface area (Å²) in [6, 6.07) is 0. The lowest BCUT2D eigenvalue weighted by molar-refractivity contribution is 0.0920. The number of carbonyl (C=O) groups excluding carboxylic acids is 1. The maximum atomic E-state index is 11.8. The van der Waals surface area contributed by atoms with Crippen molar-refractivity contribution >= 4 is 5.91 Å². The lowest BCUT2D eigenvalue weighted by Gasteiger charge is -2.11. The SMILES string of the molecule is Cc1nn(C)c(=O)c(C(=O)NC[C@@H](C)O)c1C. The lowest BCUT2D eigenvalue weighted by Crippen LogP contribution is -2.37. The van der Waals surface area contributed by atoms with Gasteiger partial charge in [0.2, 0.25) is 0 Å². The van der Waals surface area contributed by atoms with Crippen LogP contribution in [0.4, 0.5) is 0 Å². The molecule has 0 bridgehead atoms. The molecule has 1 heterocycles. The van der Waals surface area contributed by atoms with Crippen molar-refractivity contribution in [1.29, 1.82) is 0 Å². The maximum absolute atomic E-state index is 11.8. The number of aliphatic hydroxyl groups excluding tert-OH is 1. The van der Waals surface area contributed by atoms with Gasteiger partial charge in [0, 0.05) is 13.6 Å². The van der Waals surface area contributed by atoms with E-state index in [1.54, 1.807) is 20.8 Å². The van der Waals surface area contributed by atoms with Crippen molar-refractivity contribution in [1.82, 2.24) is 15.1 Å². The molecule has 0 spiro atoms. The molecular formula is C11H17N3O3. The first-order valence-corrected chi connectivity index (χ1v) is 5.35. The van der Waals surface area contributed by atoms with Crippen LogP contribution in [0.1, 0.15) is 28.5 Å². The number of carbonyl (C=O) groups is 1. The summed E-state index contributed by atoms with van der Waals surface area (Å²) in [6.07, 6.45) is -0.647. The van der Waals surface area contributed by atoms with E-state index in [2.05, 4.69) is 10.4 Å². The van der Waals surface area contributed by atoms with E-state index in [4.69, 9.17) is 5.11 Å². The number of aliphatic hydroxyl groups is 1. The van der Waals surface area contributed by atoms with Gasteiger partial charge < -0.3 is 10.4 Å². The van der Waals surface area contributed by atoms with Crippen molar-refractivity contribution < 1.29 is 9.90 Å². The van der Waals surface area contributed by atoms with Gasteiger partial charge in [-0.05, 0) is 26.3 Å². The predicted octanol–water partition coefficient (Wildman–Crippen LogP) is -0.492. The minimum absolute atomic E-state index is 0.0839. The molecule has 17 heavy (non-hydrogen) atoms. The van der Waals surface area contributed by atoms with E-state index in [1.165, 1.54) is 7.05 Å². The van der Waals surface area contributed by atoms with Crippen molar-refractivity contribution in [2.24, 2.45) is 7.05 Å². The van der Waals surface area contributed by atoms with Gasteiger partial charge in [0.05, 0.1) is 11.8 Å². The first-order chi connectivity index (χ1) is 7.84. The van der Waals surface area contributed by atoms with Crippen molar-refractivity contribution in [3.8, 4) is 0 Å². The van der Waals surface area contributed by atoms with Gasteiger partial charge in [-0.3, -0.25) is 9.59 Å². The topological polar surface area (TPSA) is 84.2 Å². The molecule has 0 saturated heterocycles. The van der Waals surface area contributed by atoms with Crippen LogP contribution in [0.5, 0.6) is 0 Å². The van der Waals surface area contributed by atoms with Gasteiger partial charge in [0.1, 0.15) is 5.56 Å². The number of rotatable bonds is 3. The predicted molar refractivity (Wildman–Crippen MR) is 63.0 cm³/mol. The van der Waals surface area contributed by atoms with Gasteiger partial charge in [0.15, 0.2) is 0 Å². The summed E-state index contributed by atoms with van der Waals surface area (Å²) in [5.74, 6) is -0.477. The Hall–Kier alpha value is -1.69. The molecule has 6 nitrogen and oxygen atoms in total. The largest absolute Gasteiger partial charge is 0.392 e. The van der Waals surface area contributed by atoms with Gasteiger partial charge in [-0.2, -0.15) is 5.10 Å². The summed E-state index contributed by atoms with van der Waals surface area (Å²) in [4.78, 5) is 23.6. The molecule has 0 radical (unpaired) electrons. The highest BCUT2D eigenvalue weighted by molar-refractivity contribution is 5.95. The molecule has 0 unspecified atom stereocenters. The van der Waals surface area contributed by atoms with Crippen molar-refractivity contribution in [2.75, 3.05) is 6.54 Å². The highest BCUT2D eigenvalue weighted by Gasteiger charge is 2.17. The molecule has 1 atom stereocenters. The third-order valence-corrected chi connectivity index (χ3v) is 2.51. The molecule has 0 aromatic carbocycles. The Morgan fingerprint density at radius 1 is 1.53 bits per heavy atom. The van der Waals surface area contributed by atoms with E-state index in [1.807, 2.05) is 0 Å². The fourth-order valence-electron chi connectivity index (χ4n) is 1.44. The minimum atomic E-state index is -0.647. The molecule has 6 heteroatoms. The molecule has 2 N–H and O–H groups in total. The smallest absolute Gasteiger partial charge is 0.279 e. The Kier molecular flexibility index (Phi) is 4.01. The zero-order valence-corrected chi connectivity index (χ0v) is 10.4. The van der Waals surface area contributed by atoms with Gasteiger partial charge in [-0.25, -0.2) is 4.68 Å². The van der Waals surface area contributed by atoms with Crippen LogP contribution in [-0.4, -0.2) is 33.4 Å². The zero-order valence-electron chi connectivity index (χ0n) is 10.4. The Labute approximate surface area is 99.3 Å². The summed E-state index contributed by atoms with van der Waals surface area (Å²) in [7, 11) is 1.50. The molecule has 0 fully saturated rings. The van der Waals surface area contributed by atoms with Crippen LogP contribution >= 0.6 is 0 Å². The highest BCUT2D eigenvalue weighted by Crippen LogP contribution is 2.05. The zero-order chi connectivity index (χ0) is 13.2. The first-order valence-electron chi connectivity index (χ1n) is 5.35. The number of amides is 1. The van der Waals surface area contributed by atoms with Crippen LogP contribution in [-0.2, 0) is 7.05 Å². The molecule has 0 aliphatic carbocycles. The third kappa shape index (κ3) is 2.91. The number of nitrogens with zero attached hydrogens (tertiary/aromatic N) is 2. The fraction of sp³-hybridized carbons (Fsp3) is 0.545. The molecule has 1 amide bonds. The summed E-state index contributed by atoms with van der Waals surface area (Å²) >= 11 is 0. The van der Waals surface area contributed by atoms with E-state index in [9.17, 15) is 9.59 Å². The van der Waals surface area contributed by atoms with E-state index >= 15 is 0 Å². The Morgan fingerprint density at radius 2 is 2.12 bits per heavy atom. The standard InChI is InChI=1S/C11H17N3O3/c1-6(15)5-12-10(16)9-7(2)8(3)13-14(4)11(9)17/h6,15H,5H2,1-4H3,(H,12,16)/t6-/m1/s1. The fourth-order valence-corrected chi connectivity index (χ4v) is 1.44. The molecule has 94 valence electrons. The monoisotopic (exact) mass is 239 g/mol.